The van der Waals surface area contributed by atoms with E-state index in [1.165, 1.54) is 0 Å². The number of rotatable bonds is 64. The van der Waals surface area contributed by atoms with Crippen LogP contribution >= 0.6 is 94.1 Å². The maximum Gasteiger partial charge on any atom is 0.0700 e. The first-order valence-corrected chi connectivity index (χ1v) is 47.9. The second kappa shape index (κ2) is 114. The zero-order valence-corrected chi connectivity index (χ0v) is 73.8. The smallest absolute Gasteiger partial charge is 0.0700 e. The molecule has 0 fully saturated rings. The molecule has 0 amide bonds. The zero-order valence-electron chi connectivity index (χ0n) is 67.2. The summed E-state index contributed by atoms with van der Waals surface area (Å²) in [7, 11) is 0. The normalized spacial score (nSPS) is 10.9. The Morgan fingerprint density at radius 3 is 0.309 bits per heavy atom. The van der Waals surface area contributed by atoms with Gasteiger partial charge in [-0.15, -0.1) is 0 Å². The predicted octanol–water partition coefficient (Wildman–Crippen LogP) is 15.4. The van der Waals surface area contributed by atoms with Crippen LogP contribution in [0.5, 0.6) is 0 Å². The number of hydrogen-bond acceptors (Lipinski definition) is 26. The molecule has 0 aromatic carbocycles. The van der Waals surface area contributed by atoms with Gasteiger partial charge in [0.05, 0.1) is 201 Å². The number of hydrogen-bond donors (Lipinski definition) is 0. The Hall–Kier alpha value is 2.08. The monoisotopic (exact) mass is 1560 g/mol. The van der Waals surface area contributed by atoms with Gasteiger partial charge in [-0.25, -0.2) is 0 Å². The van der Waals surface area contributed by atoms with Crippen molar-refractivity contribution in [2.45, 2.75) is 107 Å². The van der Waals surface area contributed by atoms with Crippen molar-refractivity contribution < 1.29 is 85.3 Å². The van der Waals surface area contributed by atoms with Crippen LogP contribution in [0.3, 0.4) is 0 Å². The molecule has 26 heteroatoms. The summed E-state index contributed by atoms with van der Waals surface area (Å²) in [5, 5.41) is 0. The molecular formula is C71H160O18S8. The molecule has 0 aliphatic rings. The Morgan fingerprint density at radius 2 is 0.216 bits per heavy atom. The van der Waals surface area contributed by atoms with Crippen molar-refractivity contribution in [1.82, 2.24) is 0 Å². The van der Waals surface area contributed by atoms with Crippen molar-refractivity contribution in [1.29, 1.82) is 0 Å². The van der Waals surface area contributed by atoms with Crippen molar-refractivity contribution in [3.63, 3.8) is 0 Å². The first kappa shape index (κ1) is 117. The lowest BCUT2D eigenvalue weighted by Crippen LogP contribution is -2.48. The third-order valence-corrected chi connectivity index (χ3v) is 10.7. The summed E-state index contributed by atoms with van der Waals surface area (Å²) in [6, 6.07) is 0. The molecule has 97 heavy (non-hydrogen) atoms. The fraction of sp³-hybridized carbons (Fsp3) is 1.00. The molecule has 0 spiro atoms. The maximum absolute atomic E-state index is 6.91. The van der Waals surface area contributed by atoms with Gasteiger partial charge < -0.3 is 85.3 Å². The average Bonchev–Trinajstić information content (AvgIpc) is 0.879. The molecule has 0 rings (SSSR count). The van der Waals surface area contributed by atoms with E-state index in [-0.39, 0.29) is 39.6 Å². The van der Waals surface area contributed by atoms with Gasteiger partial charge in [-0.1, -0.05) is 55.4 Å². The summed E-state index contributed by atoms with van der Waals surface area (Å²) < 4.78 is 111. The van der Waals surface area contributed by atoms with E-state index in [0.717, 1.165) is 51.4 Å². The lowest BCUT2D eigenvalue weighted by molar-refractivity contribution is -0.162. The minimum Gasteiger partial charge on any atom is -0.380 e. The highest BCUT2D eigenvalue weighted by Crippen LogP contribution is 2.28. The highest BCUT2D eigenvalue weighted by molar-refractivity contribution is 7.99. The van der Waals surface area contributed by atoms with Gasteiger partial charge in [-0.3, -0.25) is 0 Å². The van der Waals surface area contributed by atoms with Crippen LogP contribution in [0.15, 0.2) is 0 Å². The SMILES string of the molecule is CCCOCCOCC(COCCOCCC)(COCCOCCC)COCC(COCCOCCC)(COCCOCCC)COCC(COCCOCCC)(COCCOCCC)COCCOCCC.CSC.CSC.CSC.CSC.CSC.CSC.CSC.CSC. The van der Waals surface area contributed by atoms with Gasteiger partial charge >= 0.3 is 0 Å². The van der Waals surface area contributed by atoms with Crippen LogP contribution in [0.2, 0.25) is 0 Å². The van der Waals surface area contributed by atoms with E-state index in [9.17, 15) is 0 Å². The first-order valence-electron chi connectivity index (χ1n) is 34.8. The van der Waals surface area contributed by atoms with Gasteiger partial charge in [0, 0.05) is 52.9 Å². The lowest BCUT2D eigenvalue weighted by atomic mass is 9.89. The minimum absolute atomic E-state index is 0.216. The number of ether oxygens (including phenoxy) is 18. The molecule has 0 unspecified atom stereocenters. The largest absolute Gasteiger partial charge is 0.380 e. The molecular weight excluding hydrogens is 1400 g/mol. The Balaban J connectivity index is -0.000000399. The molecule has 0 atom stereocenters. The van der Waals surface area contributed by atoms with Gasteiger partial charge in [0.25, 0.3) is 0 Å². The Labute approximate surface area is 635 Å². The van der Waals surface area contributed by atoms with Crippen LogP contribution in [-0.4, -0.2) is 338 Å². The predicted molar refractivity (Wildman–Crippen MR) is 440 cm³/mol. The molecule has 0 bridgehead atoms. The van der Waals surface area contributed by atoms with E-state index in [2.05, 4.69) is 55.4 Å². The second-order valence-corrected chi connectivity index (χ2v) is 28.6. The van der Waals surface area contributed by atoms with Crippen LogP contribution < -0.4 is 0 Å². The topological polar surface area (TPSA) is 166 Å². The van der Waals surface area contributed by atoms with Crippen molar-refractivity contribution in [2.75, 3.05) is 338 Å². The highest BCUT2D eigenvalue weighted by Gasteiger charge is 2.39. The maximum atomic E-state index is 6.91. The fourth-order valence-electron chi connectivity index (χ4n) is 6.94. The lowest BCUT2D eigenvalue weighted by Gasteiger charge is -2.38. The van der Waals surface area contributed by atoms with Crippen molar-refractivity contribution in [3.8, 4) is 0 Å². The standard InChI is InChI=1S/C55H112O18.8C2H6S/c1-9-17-56-25-33-64-41-53(42-65-34-26-57-18-10-2,43-66-35-27-58-19-11-3)49-72-51-55(47-70-39-31-62-23-15-7,48-71-40-32-63-24-16-8)52-73-50-54(44-67-36-28-59-20-12-4,45-68-37-29-60-21-13-5)46-69-38-30-61-22-14-6;8*1-3-2/h9-52H2,1-8H3;8*1-2H3. The quantitative estimate of drug-likeness (QED) is 0.0527. The van der Waals surface area contributed by atoms with Gasteiger partial charge in [0.15, 0.2) is 0 Å². The fourth-order valence-corrected chi connectivity index (χ4v) is 6.94. The molecule has 0 saturated heterocycles. The van der Waals surface area contributed by atoms with Crippen LogP contribution in [0.4, 0.5) is 0 Å². The van der Waals surface area contributed by atoms with E-state index in [1.807, 2.05) is 100 Å². The molecule has 0 aromatic rings. The minimum atomic E-state index is -0.788. The van der Waals surface area contributed by atoms with Crippen LogP contribution in [-0.2, 0) is 85.3 Å². The van der Waals surface area contributed by atoms with Gasteiger partial charge in [0.2, 0.25) is 0 Å². The summed E-state index contributed by atoms with van der Waals surface area (Å²) in [4.78, 5) is 0. The molecule has 0 N–H and O–H groups in total. The summed E-state index contributed by atoms with van der Waals surface area (Å²) in [6.45, 7) is 32.5. The van der Waals surface area contributed by atoms with E-state index in [0.29, 0.717) is 198 Å². The number of thioether (sulfide) groups is 8. The van der Waals surface area contributed by atoms with Crippen molar-refractivity contribution >= 4 is 94.1 Å². The summed E-state index contributed by atoms with van der Waals surface area (Å²) in [5.74, 6) is 0. The summed E-state index contributed by atoms with van der Waals surface area (Å²) >= 11 is 14.0. The summed E-state index contributed by atoms with van der Waals surface area (Å²) in [5.41, 5.74) is -2.18. The molecule has 0 aromatic heterocycles. The molecule has 0 aliphatic carbocycles. The van der Waals surface area contributed by atoms with E-state index >= 15 is 0 Å². The van der Waals surface area contributed by atoms with E-state index < -0.39 is 16.2 Å². The van der Waals surface area contributed by atoms with Gasteiger partial charge in [-0.2, -0.15) is 94.1 Å². The molecule has 0 saturated carbocycles. The molecule has 0 radical (unpaired) electrons. The Morgan fingerprint density at radius 1 is 0.134 bits per heavy atom. The van der Waals surface area contributed by atoms with E-state index in [4.69, 9.17) is 85.3 Å². The van der Waals surface area contributed by atoms with Crippen molar-refractivity contribution in [2.24, 2.45) is 16.2 Å². The van der Waals surface area contributed by atoms with Crippen molar-refractivity contribution in [3.05, 3.63) is 0 Å². The highest BCUT2D eigenvalue weighted by atomic mass is 32.2. The van der Waals surface area contributed by atoms with Gasteiger partial charge in [0.1, 0.15) is 0 Å². The molecule has 0 heterocycles. The third kappa shape index (κ3) is 112. The molecule has 600 valence electrons. The zero-order chi connectivity index (χ0) is 75.0. The first-order chi connectivity index (χ1) is 47.2. The summed E-state index contributed by atoms with van der Waals surface area (Å²) in [6.07, 6.45) is 40.1. The molecule has 18 nitrogen and oxygen atoms in total. The van der Waals surface area contributed by atoms with Crippen LogP contribution in [0.25, 0.3) is 0 Å². The molecule has 0 aliphatic heterocycles. The second-order valence-electron chi connectivity index (χ2n) is 22.1. The Bertz CT molecular complexity index is 1050. The average molecular weight is 1560 g/mol. The van der Waals surface area contributed by atoms with E-state index in [1.54, 1.807) is 94.1 Å². The third-order valence-electron chi connectivity index (χ3n) is 10.7. The van der Waals surface area contributed by atoms with Crippen LogP contribution in [0, 0.1) is 16.2 Å². The van der Waals surface area contributed by atoms with Gasteiger partial charge in [-0.05, 0) is 151 Å². The van der Waals surface area contributed by atoms with Crippen LogP contribution in [0.1, 0.15) is 107 Å². The Kier molecular flexibility index (Phi) is 138.